The summed E-state index contributed by atoms with van der Waals surface area (Å²) in [6.07, 6.45) is 0. The van der Waals surface area contributed by atoms with Crippen molar-refractivity contribution < 1.29 is 22.7 Å². The Kier molecular flexibility index (Phi) is 5.21. The molecule has 26 heavy (non-hydrogen) atoms. The van der Waals surface area contributed by atoms with Crippen LogP contribution >= 0.6 is 11.8 Å². The molecule has 2 unspecified atom stereocenters. The number of ether oxygens (including phenoxy) is 2. The molecule has 2 saturated heterocycles. The summed E-state index contributed by atoms with van der Waals surface area (Å²) in [6.45, 7) is 3.57. The highest BCUT2D eigenvalue weighted by Crippen LogP contribution is 2.45. The molecule has 0 N–H and O–H groups in total. The van der Waals surface area contributed by atoms with Crippen LogP contribution in [-0.4, -0.2) is 56.5 Å². The van der Waals surface area contributed by atoms with Crippen molar-refractivity contribution >= 4 is 38.4 Å². The molecule has 2 fully saturated rings. The molecule has 0 bridgehead atoms. The topological polar surface area (TPSA) is 85.3 Å². The van der Waals surface area contributed by atoms with Gasteiger partial charge in [-0.1, -0.05) is 25.6 Å². The number of amides is 1. The van der Waals surface area contributed by atoms with Gasteiger partial charge in [0.15, 0.2) is 15.0 Å². The van der Waals surface area contributed by atoms with Gasteiger partial charge in [0.2, 0.25) is 0 Å². The van der Waals surface area contributed by atoms with Gasteiger partial charge >= 0.3 is 0 Å². The molecule has 1 aromatic carbocycles. The number of amidine groups is 1. The van der Waals surface area contributed by atoms with Crippen molar-refractivity contribution in [3.8, 4) is 11.5 Å². The number of benzene rings is 1. The molecule has 0 aromatic heterocycles. The van der Waals surface area contributed by atoms with Crippen LogP contribution in [0.15, 0.2) is 23.2 Å². The molecule has 0 spiro atoms. The fourth-order valence-corrected chi connectivity index (χ4v) is 6.97. The van der Waals surface area contributed by atoms with E-state index in [1.807, 2.05) is 4.90 Å². The maximum atomic E-state index is 12.2. The molecule has 2 aliphatic heterocycles. The Bertz CT molecular complexity index is 851. The minimum atomic E-state index is -3.12. The summed E-state index contributed by atoms with van der Waals surface area (Å²) in [7, 11) is -0.0153. The van der Waals surface area contributed by atoms with Gasteiger partial charge in [-0.3, -0.25) is 4.79 Å². The fourth-order valence-electron chi connectivity index (χ4n) is 3.05. The first-order valence-corrected chi connectivity index (χ1v) is 11.0. The van der Waals surface area contributed by atoms with Crippen molar-refractivity contribution in [3.05, 3.63) is 18.2 Å². The minimum absolute atomic E-state index is 0.0277. The Hall–Kier alpha value is -1.74. The average Bonchev–Trinajstić information content (AvgIpc) is 3.04. The van der Waals surface area contributed by atoms with Crippen molar-refractivity contribution in [1.29, 1.82) is 0 Å². The maximum Gasteiger partial charge on any atom is 0.250 e. The predicted octanol–water partition coefficient (Wildman–Crippen LogP) is 1.96. The number of sulfone groups is 1. The third-order valence-electron chi connectivity index (χ3n) is 4.41. The third kappa shape index (κ3) is 3.55. The summed E-state index contributed by atoms with van der Waals surface area (Å²) in [5.41, 5.74) is 0.652. The zero-order chi connectivity index (χ0) is 19.1. The van der Waals surface area contributed by atoms with E-state index in [-0.39, 0.29) is 34.6 Å². The molecule has 0 aliphatic carbocycles. The van der Waals surface area contributed by atoms with Gasteiger partial charge in [-0.2, -0.15) is 4.99 Å². The number of aliphatic imine (C=N–C) groups is 1. The van der Waals surface area contributed by atoms with E-state index < -0.39 is 9.84 Å². The van der Waals surface area contributed by atoms with E-state index in [1.165, 1.54) is 11.8 Å². The fraction of sp³-hybridized carbons (Fsp3) is 0.529. The SMILES string of the molecule is COc1ccc(OC)c(N2C(=NC(=O)C(C)C)SC3CS(=O)(=O)CC32)c1. The summed E-state index contributed by atoms with van der Waals surface area (Å²) < 4.78 is 35.0. The Balaban J connectivity index is 2.11. The zero-order valence-corrected chi connectivity index (χ0v) is 16.8. The lowest BCUT2D eigenvalue weighted by Gasteiger charge is -2.26. The predicted molar refractivity (Wildman–Crippen MR) is 103 cm³/mol. The zero-order valence-electron chi connectivity index (χ0n) is 15.1. The third-order valence-corrected chi connectivity index (χ3v) is 7.62. The van der Waals surface area contributed by atoms with Gasteiger partial charge in [0.1, 0.15) is 11.5 Å². The molecule has 9 heteroatoms. The van der Waals surface area contributed by atoms with E-state index >= 15 is 0 Å². The van der Waals surface area contributed by atoms with E-state index in [0.29, 0.717) is 22.4 Å². The number of hydrogen-bond acceptors (Lipinski definition) is 6. The Morgan fingerprint density at radius 1 is 1.27 bits per heavy atom. The van der Waals surface area contributed by atoms with Gasteiger partial charge in [0, 0.05) is 17.2 Å². The van der Waals surface area contributed by atoms with Gasteiger partial charge in [-0.15, -0.1) is 0 Å². The molecule has 2 aliphatic rings. The first-order valence-electron chi connectivity index (χ1n) is 8.26. The Morgan fingerprint density at radius 2 is 2.00 bits per heavy atom. The van der Waals surface area contributed by atoms with Gasteiger partial charge in [-0.05, 0) is 12.1 Å². The van der Waals surface area contributed by atoms with E-state index in [9.17, 15) is 13.2 Å². The van der Waals surface area contributed by atoms with Crippen LogP contribution in [0.3, 0.4) is 0 Å². The van der Waals surface area contributed by atoms with Crippen LogP contribution < -0.4 is 14.4 Å². The van der Waals surface area contributed by atoms with E-state index in [1.54, 1.807) is 46.3 Å². The molecular formula is C17H22N2O5S2. The molecule has 3 rings (SSSR count). The summed E-state index contributed by atoms with van der Waals surface area (Å²) in [6, 6.07) is 5.02. The van der Waals surface area contributed by atoms with Crippen molar-refractivity contribution in [3.63, 3.8) is 0 Å². The normalized spacial score (nSPS) is 25.6. The Labute approximate surface area is 157 Å². The van der Waals surface area contributed by atoms with Crippen LogP contribution in [0, 0.1) is 5.92 Å². The van der Waals surface area contributed by atoms with Crippen molar-refractivity contribution in [2.24, 2.45) is 10.9 Å². The first-order chi connectivity index (χ1) is 12.3. The summed E-state index contributed by atoms with van der Waals surface area (Å²) in [4.78, 5) is 18.3. The smallest absolute Gasteiger partial charge is 0.250 e. The number of hydrogen-bond donors (Lipinski definition) is 0. The largest absolute Gasteiger partial charge is 0.497 e. The average molecular weight is 399 g/mol. The second kappa shape index (κ2) is 7.11. The number of fused-ring (bicyclic) bond motifs is 1. The van der Waals surface area contributed by atoms with Gasteiger partial charge in [0.25, 0.3) is 5.91 Å². The molecular weight excluding hydrogens is 376 g/mol. The first kappa shape index (κ1) is 19.0. The molecule has 2 atom stereocenters. The molecule has 1 amide bonds. The maximum absolute atomic E-state index is 12.2. The molecule has 142 valence electrons. The van der Waals surface area contributed by atoms with Crippen LogP contribution in [0.25, 0.3) is 0 Å². The van der Waals surface area contributed by atoms with Crippen molar-refractivity contribution in [2.45, 2.75) is 25.1 Å². The van der Waals surface area contributed by atoms with Gasteiger partial charge in [-0.25, -0.2) is 8.42 Å². The van der Waals surface area contributed by atoms with Crippen LogP contribution in [0.1, 0.15) is 13.8 Å². The number of carbonyl (C=O) groups excluding carboxylic acids is 1. The van der Waals surface area contributed by atoms with Crippen molar-refractivity contribution in [1.82, 2.24) is 0 Å². The number of nitrogens with zero attached hydrogens (tertiary/aromatic N) is 2. The number of anilines is 1. The van der Waals surface area contributed by atoms with Gasteiger partial charge in [0.05, 0.1) is 37.5 Å². The van der Waals surface area contributed by atoms with Crippen molar-refractivity contribution in [2.75, 3.05) is 30.6 Å². The molecule has 7 nitrogen and oxygen atoms in total. The summed E-state index contributed by atoms with van der Waals surface area (Å²) in [5.74, 6) is 0.828. The quantitative estimate of drug-likeness (QED) is 0.766. The van der Waals surface area contributed by atoms with Crippen LogP contribution in [-0.2, 0) is 14.6 Å². The summed E-state index contributed by atoms with van der Waals surface area (Å²) >= 11 is 1.34. The second-order valence-electron chi connectivity index (χ2n) is 6.60. The monoisotopic (exact) mass is 398 g/mol. The van der Waals surface area contributed by atoms with Crippen LogP contribution in [0.4, 0.5) is 5.69 Å². The minimum Gasteiger partial charge on any atom is -0.497 e. The van der Waals surface area contributed by atoms with Gasteiger partial charge < -0.3 is 14.4 Å². The van der Waals surface area contributed by atoms with Crippen LogP contribution in [0.2, 0.25) is 0 Å². The number of thioether (sulfide) groups is 1. The molecule has 1 aromatic rings. The number of methoxy groups -OCH3 is 2. The highest BCUT2D eigenvalue weighted by molar-refractivity contribution is 8.16. The lowest BCUT2D eigenvalue weighted by atomic mass is 10.1. The molecule has 0 saturated carbocycles. The number of carbonyl (C=O) groups is 1. The highest BCUT2D eigenvalue weighted by atomic mass is 32.2. The van der Waals surface area contributed by atoms with E-state index in [0.717, 1.165) is 0 Å². The molecule has 0 radical (unpaired) electrons. The van der Waals surface area contributed by atoms with E-state index in [2.05, 4.69) is 4.99 Å². The lowest BCUT2D eigenvalue weighted by molar-refractivity contribution is -0.120. The summed E-state index contributed by atoms with van der Waals surface area (Å²) in [5, 5.41) is 0.356. The molecule has 2 heterocycles. The lowest BCUT2D eigenvalue weighted by Crippen LogP contribution is -2.38. The highest BCUT2D eigenvalue weighted by Gasteiger charge is 2.50. The van der Waals surface area contributed by atoms with Crippen LogP contribution in [0.5, 0.6) is 11.5 Å². The second-order valence-corrected chi connectivity index (χ2v) is 9.96. The number of rotatable bonds is 4. The Morgan fingerprint density at radius 3 is 2.62 bits per heavy atom. The standard InChI is InChI=1S/C17H22N2O5S2/c1-10(2)16(20)18-17-19(13-8-26(21,22)9-15(13)25-17)12-7-11(23-3)5-6-14(12)24-4/h5-7,10,13,15H,8-9H2,1-4H3. The van der Waals surface area contributed by atoms with E-state index in [4.69, 9.17) is 9.47 Å².